The Labute approximate surface area is 155 Å². The first-order chi connectivity index (χ1) is 12.6. The number of hydrogen-bond donors (Lipinski definition) is 1. The van der Waals surface area contributed by atoms with Crippen LogP contribution in [0.1, 0.15) is 45.4 Å². The van der Waals surface area contributed by atoms with Crippen molar-refractivity contribution in [3.05, 3.63) is 33.7 Å². The van der Waals surface area contributed by atoms with Crippen LogP contribution in [-0.4, -0.2) is 26.1 Å². The second-order valence-electron chi connectivity index (χ2n) is 7.21. The molecule has 1 saturated carbocycles. The number of carbonyl (C=O) groups excluding carboxylic acids is 1. The average molecular weight is 372 g/mol. The van der Waals surface area contributed by atoms with E-state index in [1.165, 1.54) is 11.1 Å². The maximum atomic E-state index is 12.9. The van der Waals surface area contributed by atoms with Crippen LogP contribution in [0.2, 0.25) is 0 Å². The fourth-order valence-corrected chi connectivity index (χ4v) is 4.87. The Morgan fingerprint density at radius 3 is 2.96 bits per heavy atom. The van der Waals surface area contributed by atoms with E-state index in [9.17, 15) is 9.59 Å². The molecule has 0 saturated heterocycles. The third-order valence-corrected chi connectivity index (χ3v) is 6.34. The van der Waals surface area contributed by atoms with Crippen LogP contribution >= 0.6 is 11.3 Å². The fourth-order valence-electron chi connectivity index (χ4n) is 3.95. The van der Waals surface area contributed by atoms with E-state index >= 15 is 0 Å². The van der Waals surface area contributed by atoms with Gasteiger partial charge in [-0.3, -0.25) is 14.0 Å². The van der Waals surface area contributed by atoms with E-state index in [1.807, 2.05) is 28.8 Å². The summed E-state index contributed by atoms with van der Waals surface area (Å²) in [6.07, 6.45) is 5.25. The van der Waals surface area contributed by atoms with Crippen molar-refractivity contribution in [2.24, 2.45) is 5.92 Å². The van der Waals surface area contributed by atoms with Crippen LogP contribution in [0.3, 0.4) is 0 Å². The Morgan fingerprint density at radius 2 is 2.19 bits per heavy atom. The van der Waals surface area contributed by atoms with E-state index in [-0.39, 0.29) is 24.1 Å². The second-order valence-corrected chi connectivity index (χ2v) is 8.11. The predicted molar refractivity (Wildman–Crippen MR) is 104 cm³/mol. The normalized spacial score (nSPS) is 20.7. The molecule has 7 heteroatoms. The predicted octanol–water partition coefficient (Wildman–Crippen LogP) is 2.97. The second kappa shape index (κ2) is 6.87. The molecule has 6 nitrogen and oxygen atoms in total. The van der Waals surface area contributed by atoms with Crippen molar-refractivity contribution in [2.75, 3.05) is 0 Å². The molecule has 1 N–H and O–H groups in total. The van der Waals surface area contributed by atoms with Gasteiger partial charge in [-0.1, -0.05) is 26.7 Å². The van der Waals surface area contributed by atoms with Gasteiger partial charge < -0.3 is 5.32 Å². The van der Waals surface area contributed by atoms with Gasteiger partial charge in [-0.05, 0) is 36.3 Å². The molecule has 3 aromatic rings. The molecule has 0 radical (unpaired) electrons. The zero-order valence-corrected chi connectivity index (χ0v) is 16.0. The summed E-state index contributed by atoms with van der Waals surface area (Å²) < 4.78 is 3.25. The minimum Gasteiger partial charge on any atom is -0.351 e. The first kappa shape index (κ1) is 17.3. The molecule has 1 fully saturated rings. The van der Waals surface area contributed by atoms with E-state index < -0.39 is 0 Å². The lowest BCUT2D eigenvalue weighted by atomic mass is 9.86. The highest BCUT2D eigenvalue weighted by Gasteiger charge is 2.23. The number of fused-ring (bicyclic) bond motifs is 3. The number of aryl methyl sites for hydroxylation is 1. The van der Waals surface area contributed by atoms with Crippen molar-refractivity contribution in [1.82, 2.24) is 19.5 Å². The van der Waals surface area contributed by atoms with Crippen LogP contribution < -0.4 is 10.9 Å². The van der Waals surface area contributed by atoms with Crippen LogP contribution in [0.5, 0.6) is 0 Å². The summed E-state index contributed by atoms with van der Waals surface area (Å²) in [6.45, 7) is 4.17. The minimum absolute atomic E-state index is 0.0234. The van der Waals surface area contributed by atoms with Gasteiger partial charge in [-0.2, -0.15) is 5.10 Å². The third-order valence-electron chi connectivity index (χ3n) is 5.43. The summed E-state index contributed by atoms with van der Waals surface area (Å²) >= 11 is 1.60. The summed E-state index contributed by atoms with van der Waals surface area (Å²) in [4.78, 5) is 26.4. The smallest absolute Gasteiger partial charge is 0.291 e. The van der Waals surface area contributed by atoms with E-state index in [2.05, 4.69) is 17.3 Å². The monoisotopic (exact) mass is 372 g/mol. The Balaban J connectivity index is 1.65. The number of nitrogens with zero attached hydrogens (tertiary/aromatic N) is 3. The van der Waals surface area contributed by atoms with Crippen LogP contribution in [0.25, 0.3) is 15.7 Å². The number of hydrogen-bond acceptors (Lipinski definition) is 4. The Bertz CT molecular complexity index is 1020. The molecule has 3 heterocycles. The quantitative estimate of drug-likeness (QED) is 0.765. The Morgan fingerprint density at radius 1 is 1.38 bits per heavy atom. The molecule has 0 bridgehead atoms. The zero-order chi connectivity index (χ0) is 18.3. The molecule has 1 aliphatic rings. The highest BCUT2D eigenvalue weighted by Crippen LogP contribution is 2.25. The van der Waals surface area contributed by atoms with Gasteiger partial charge in [0.1, 0.15) is 22.7 Å². The van der Waals surface area contributed by atoms with Crippen molar-refractivity contribution in [3.63, 3.8) is 0 Å². The molecule has 0 aliphatic heterocycles. The molecular weight excluding hydrogens is 348 g/mol. The lowest BCUT2D eigenvalue weighted by molar-refractivity contribution is -0.123. The fraction of sp³-hybridized carbons (Fsp3) is 0.526. The average Bonchev–Trinajstić information content (AvgIpc) is 3.21. The van der Waals surface area contributed by atoms with Gasteiger partial charge in [0.15, 0.2) is 0 Å². The van der Waals surface area contributed by atoms with E-state index in [4.69, 9.17) is 0 Å². The van der Waals surface area contributed by atoms with Crippen molar-refractivity contribution in [1.29, 1.82) is 0 Å². The molecule has 2 atom stereocenters. The van der Waals surface area contributed by atoms with Crippen molar-refractivity contribution in [2.45, 2.75) is 58.5 Å². The number of carbonyl (C=O) groups is 1. The van der Waals surface area contributed by atoms with Crippen LogP contribution in [0.15, 0.2) is 22.3 Å². The molecule has 0 spiro atoms. The van der Waals surface area contributed by atoms with Gasteiger partial charge in [-0.25, -0.2) is 4.68 Å². The first-order valence-electron chi connectivity index (χ1n) is 9.36. The van der Waals surface area contributed by atoms with Crippen molar-refractivity contribution in [3.8, 4) is 0 Å². The van der Waals surface area contributed by atoms with Gasteiger partial charge in [0.25, 0.3) is 5.56 Å². The summed E-state index contributed by atoms with van der Waals surface area (Å²) in [5.74, 6) is 1.16. The summed E-state index contributed by atoms with van der Waals surface area (Å²) in [5.41, 5.74) is 0.384. The molecule has 0 unspecified atom stereocenters. The lowest BCUT2D eigenvalue weighted by Crippen LogP contribution is -2.44. The maximum Gasteiger partial charge on any atom is 0.291 e. The number of thiophene rings is 1. The van der Waals surface area contributed by atoms with Gasteiger partial charge in [0.2, 0.25) is 5.91 Å². The van der Waals surface area contributed by atoms with Crippen molar-refractivity contribution < 1.29 is 4.79 Å². The minimum atomic E-state index is -0.211. The molecule has 0 aromatic carbocycles. The van der Waals surface area contributed by atoms with Crippen molar-refractivity contribution >= 4 is 33.0 Å². The molecule has 26 heavy (non-hydrogen) atoms. The number of nitrogens with one attached hydrogen (secondary N) is 1. The molecule has 138 valence electrons. The highest BCUT2D eigenvalue weighted by atomic mass is 32.1. The van der Waals surface area contributed by atoms with Gasteiger partial charge in [-0.15, -0.1) is 11.3 Å². The first-order valence-corrected chi connectivity index (χ1v) is 10.2. The number of rotatable bonds is 4. The van der Waals surface area contributed by atoms with Gasteiger partial charge >= 0.3 is 0 Å². The molecular formula is C19H24N4O2S. The van der Waals surface area contributed by atoms with E-state index in [1.54, 1.807) is 11.3 Å². The highest BCUT2D eigenvalue weighted by molar-refractivity contribution is 7.16. The zero-order valence-electron chi connectivity index (χ0n) is 15.2. The van der Waals surface area contributed by atoms with E-state index in [0.717, 1.165) is 35.3 Å². The summed E-state index contributed by atoms with van der Waals surface area (Å²) in [5, 5.41) is 10.7. The van der Waals surface area contributed by atoms with Gasteiger partial charge in [0, 0.05) is 17.8 Å². The third kappa shape index (κ3) is 2.94. The molecule has 3 aromatic heterocycles. The number of aromatic nitrogens is 3. The molecule has 1 aliphatic carbocycles. The summed E-state index contributed by atoms with van der Waals surface area (Å²) in [6, 6.07) is 4.11. The molecule has 1 amide bonds. The summed E-state index contributed by atoms with van der Waals surface area (Å²) in [7, 11) is 0. The Hall–Kier alpha value is -2.15. The number of amides is 1. The Kier molecular flexibility index (Phi) is 4.56. The lowest BCUT2D eigenvalue weighted by Gasteiger charge is -2.29. The topological polar surface area (TPSA) is 68.4 Å². The van der Waals surface area contributed by atoms with Crippen LogP contribution in [0, 0.1) is 5.92 Å². The SMILES string of the molecule is CCc1nn(CC(=O)N[C@H]2CCCC[C@H]2C)c(=O)c2cc3ccsc3n12. The standard InChI is InChI=1S/C19H24N4O2S/c1-3-16-21-22(11-17(24)20-14-7-5-4-6-12(14)2)18(25)15-10-13-8-9-26-19(13)23(15)16/h8-10,12,14H,3-7,11H2,1-2H3,(H,20,24)/t12-,14+/m1/s1. The van der Waals surface area contributed by atoms with Crippen LogP contribution in [-0.2, 0) is 17.8 Å². The van der Waals surface area contributed by atoms with Crippen LogP contribution in [0.4, 0.5) is 0 Å². The van der Waals surface area contributed by atoms with Gasteiger partial charge in [0.05, 0.1) is 0 Å². The maximum absolute atomic E-state index is 12.9. The van der Waals surface area contributed by atoms with E-state index in [0.29, 0.717) is 17.9 Å². The molecule has 4 rings (SSSR count). The largest absolute Gasteiger partial charge is 0.351 e.